The number of carbonyl (C=O) groups excluding carboxylic acids is 1. The van der Waals surface area contributed by atoms with Gasteiger partial charge in [0.15, 0.2) is 5.11 Å². The van der Waals surface area contributed by atoms with Crippen LogP contribution in [0.2, 0.25) is 0 Å². The molecule has 0 atom stereocenters. The summed E-state index contributed by atoms with van der Waals surface area (Å²) in [5.41, 5.74) is 0.115. The van der Waals surface area contributed by atoms with Gasteiger partial charge in [-0.3, -0.25) is 30.3 Å². The van der Waals surface area contributed by atoms with Gasteiger partial charge in [-0.25, -0.2) is 0 Å². The fourth-order valence-corrected chi connectivity index (χ4v) is 3.46. The summed E-state index contributed by atoms with van der Waals surface area (Å²) in [6.07, 6.45) is 1.91. The summed E-state index contributed by atoms with van der Waals surface area (Å²) in [6.45, 7) is 1.45. The Hall–Kier alpha value is -3.80. The molecule has 3 rings (SSSR count). The Kier molecular flexibility index (Phi) is 6.60. The lowest BCUT2D eigenvalue weighted by Gasteiger charge is -2.18. The van der Waals surface area contributed by atoms with E-state index < -0.39 is 15.8 Å². The molecule has 0 aromatic heterocycles. The molecule has 31 heavy (non-hydrogen) atoms. The molecule has 0 bridgehead atoms. The molecular formula is C19H19N5O6S. The Morgan fingerprint density at radius 1 is 1.06 bits per heavy atom. The Morgan fingerprint density at radius 3 is 2.35 bits per heavy atom. The van der Waals surface area contributed by atoms with Crippen molar-refractivity contribution in [1.82, 2.24) is 5.32 Å². The number of ether oxygens (including phenoxy) is 1. The molecule has 2 aromatic rings. The summed E-state index contributed by atoms with van der Waals surface area (Å²) >= 11 is 5.08. The van der Waals surface area contributed by atoms with Gasteiger partial charge in [-0.05, 0) is 49.3 Å². The quantitative estimate of drug-likeness (QED) is 0.389. The zero-order chi connectivity index (χ0) is 22.5. The number of amides is 1. The van der Waals surface area contributed by atoms with Crippen molar-refractivity contribution in [2.45, 2.75) is 12.8 Å². The fourth-order valence-electron chi connectivity index (χ4n) is 3.26. The highest BCUT2D eigenvalue weighted by Crippen LogP contribution is 2.32. The number of benzene rings is 2. The third kappa shape index (κ3) is 5.04. The highest BCUT2D eigenvalue weighted by Gasteiger charge is 2.24. The number of nitro benzene ring substituents is 2. The lowest BCUT2D eigenvalue weighted by Crippen LogP contribution is -2.34. The normalized spacial score (nSPS) is 12.9. The van der Waals surface area contributed by atoms with Gasteiger partial charge in [0.2, 0.25) is 0 Å². The van der Waals surface area contributed by atoms with E-state index >= 15 is 0 Å². The van der Waals surface area contributed by atoms with E-state index in [-0.39, 0.29) is 33.5 Å². The molecule has 1 amide bonds. The van der Waals surface area contributed by atoms with E-state index in [1.165, 1.54) is 37.4 Å². The first-order valence-corrected chi connectivity index (χ1v) is 9.69. The SMILES string of the molecule is COc1ccc(NC(=S)NC(=O)c2ccc(N3CCCC3)c([N+](=O)[O-])c2)c([N+](=O)[O-])c1. The number of methoxy groups -OCH3 is 1. The van der Waals surface area contributed by atoms with Gasteiger partial charge in [-0.15, -0.1) is 0 Å². The predicted octanol–water partition coefficient (Wildman–Crippen LogP) is 3.24. The van der Waals surface area contributed by atoms with Crippen LogP contribution in [-0.4, -0.2) is 41.1 Å². The number of nitro groups is 2. The maximum absolute atomic E-state index is 12.5. The Morgan fingerprint density at radius 2 is 1.74 bits per heavy atom. The van der Waals surface area contributed by atoms with E-state index in [9.17, 15) is 25.0 Å². The van der Waals surface area contributed by atoms with Gasteiger partial charge >= 0.3 is 0 Å². The van der Waals surface area contributed by atoms with Crippen LogP contribution in [0.5, 0.6) is 5.75 Å². The zero-order valence-corrected chi connectivity index (χ0v) is 17.3. The highest BCUT2D eigenvalue weighted by molar-refractivity contribution is 7.80. The van der Waals surface area contributed by atoms with Crippen LogP contribution in [0.3, 0.4) is 0 Å². The van der Waals surface area contributed by atoms with E-state index in [0.717, 1.165) is 25.9 Å². The van der Waals surface area contributed by atoms with Crippen LogP contribution in [-0.2, 0) is 0 Å². The molecule has 1 saturated heterocycles. The molecule has 1 fully saturated rings. The van der Waals surface area contributed by atoms with E-state index in [0.29, 0.717) is 5.69 Å². The predicted molar refractivity (Wildman–Crippen MR) is 118 cm³/mol. The minimum atomic E-state index is -0.676. The van der Waals surface area contributed by atoms with Gasteiger partial charge in [-0.2, -0.15) is 0 Å². The topological polar surface area (TPSA) is 140 Å². The van der Waals surface area contributed by atoms with Crippen molar-refractivity contribution in [1.29, 1.82) is 0 Å². The van der Waals surface area contributed by atoms with Gasteiger partial charge in [0, 0.05) is 24.7 Å². The number of rotatable bonds is 6. The number of nitrogens with one attached hydrogen (secondary N) is 2. The summed E-state index contributed by atoms with van der Waals surface area (Å²) < 4.78 is 4.97. The van der Waals surface area contributed by atoms with Gasteiger partial charge in [0.25, 0.3) is 17.3 Å². The zero-order valence-electron chi connectivity index (χ0n) is 16.5. The lowest BCUT2D eigenvalue weighted by molar-refractivity contribution is -0.384. The number of thiocarbonyl (C=S) groups is 1. The Balaban J connectivity index is 1.75. The Bertz CT molecular complexity index is 1050. The monoisotopic (exact) mass is 445 g/mol. The van der Waals surface area contributed by atoms with Gasteiger partial charge in [0.05, 0.1) is 23.0 Å². The average Bonchev–Trinajstić information content (AvgIpc) is 3.28. The van der Waals surface area contributed by atoms with Crippen molar-refractivity contribution in [3.8, 4) is 5.75 Å². The molecule has 12 heteroatoms. The molecule has 0 aliphatic carbocycles. The minimum absolute atomic E-state index is 0.0445. The van der Waals surface area contributed by atoms with Crippen molar-refractivity contribution in [2.24, 2.45) is 0 Å². The molecule has 2 aromatic carbocycles. The van der Waals surface area contributed by atoms with E-state index in [2.05, 4.69) is 10.6 Å². The summed E-state index contributed by atoms with van der Waals surface area (Å²) in [6, 6.07) is 8.33. The summed E-state index contributed by atoms with van der Waals surface area (Å²) in [4.78, 5) is 36.1. The van der Waals surface area contributed by atoms with Crippen LogP contribution in [0, 0.1) is 20.2 Å². The number of hydrogen-bond acceptors (Lipinski definition) is 8. The van der Waals surface area contributed by atoms with Crippen LogP contribution in [0.25, 0.3) is 0 Å². The molecule has 2 N–H and O–H groups in total. The standard InChI is InChI=1S/C19H19N5O6S/c1-30-13-5-6-14(16(11-13)23(26)27)20-19(31)21-18(25)12-4-7-15(17(10-12)24(28)29)22-8-2-3-9-22/h4-7,10-11H,2-3,8-9H2,1H3,(H2,20,21,25,31). The van der Waals surface area contributed by atoms with Crippen LogP contribution >= 0.6 is 12.2 Å². The molecule has 0 radical (unpaired) electrons. The second-order valence-corrected chi connectivity index (χ2v) is 7.11. The molecule has 1 heterocycles. The summed E-state index contributed by atoms with van der Waals surface area (Å²) in [5.74, 6) is -0.387. The maximum Gasteiger partial charge on any atom is 0.296 e. The van der Waals surface area contributed by atoms with E-state index in [4.69, 9.17) is 17.0 Å². The molecule has 1 aliphatic heterocycles. The van der Waals surface area contributed by atoms with Gasteiger partial charge in [-0.1, -0.05) is 0 Å². The van der Waals surface area contributed by atoms with Crippen LogP contribution < -0.4 is 20.3 Å². The molecule has 0 spiro atoms. The first kappa shape index (κ1) is 21.9. The van der Waals surface area contributed by atoms with E-state index in [1.54, 1.807) is 6.07 Å². The summed E-state index contributed by atoms with van der Waals surface area (Å²) in [5, 5.41) is 27.6. The number of anilines is 2. The molecule has 11 nitrogen and oxygen atoms in total. The van der Waals surface area contributed by atoms with Crippen molar-refractivity contribution < 1.29 is 19.4 Å². The molecule has 0 unspecified atom stereocenters. The fraction of sp³-hybridized carbons (Fsp3) is 0.263. The third-order valence-corrected chi connectivity index (χ3v) is 4.96. The largest absolute Gasteiger partial charge is 0.496 e. The smallest absolute Gasteiger partial charge is 0.296 e. The van der Waals surface area contributed by atoms with Crippen molar-refractivity contribution in [3.63, 3.8) is 0 Å². The first-order valence-electron chi connectivity index (χ1n) is 9.28. The maximum atomic E-state index is 12.5. The van der Waals surface area contributed by atoms with Crippen LogP contribution in [0.4, 0.5) is 22.7 Å². The summed E-state index contributed by atoms with van der Waals surface area (Å²) in [7, 11) is 1.38. The average molecular weight is 445 g/mol. The first-order chi connectivity index (χ1) is 14.8. The second kappa shape index (κ2) is 9.34. The third-order valence-electron chi connectivity index (χ3n) is 4.76. The molecule has 0 saturated carbocycles. The molecule has 1 aliphatic rings. The van der Waals surface area contributed by atoms with Crippen LogP contribution in [0.1, 0.15) is 23.2 Å². The minimum Gasteiger partial charge on any atom is -0.496 e. The highest BCUT2D eigenvalue weighted by atomic mass is 32.1. The number of hydrogen-bond donors (Lipinski definition) is 2. The lowest BCUT2D eigenvalue weighted by atomic mass is 10.1. The number of nitrogens with zero attached hydrogens (tertiary/aromatic N) is 3. The van der Waals surface area contributed by atoms with Gasteiger partial charge in [0.1, 0.15) is 17.1 Å². The van der Waals surface area contributed by atoms with Crippen molar-refractivity contribution in [2.75, 3.05) is 30.4 Å². The van der Waals surface area contributed by atoms with Crippen LogP contribution in [0.15, 0.2) is 36.4 Å². The molecular weight excluding hydrogens is 426 g/mol. The van der Waals surface area contributed by atoms with Crippen molar-refractivity contribution >= 4 is 46.0 Å². The number of carbonyl (C=O) groups is 1. The van der Waals surface area contributed by atoms with Crippen molar-refractivity contribution in [3.05, 3.63) is 62.2 Å². The van der Waals surface area contributed by atoms with E-state index in [1.807, 2.05) is 4.90 Å². The Labute approximate surface area is 182 Å². The molecule has 162 valence electrons. The second-order valence-electron chi connectivity index (χ2n) is 6.70. The van der Waals surface area contributed by atoms with Gasteiger partial charge < -0.3 is 15.0 Å².